The Labute approximate surface area is 105 Å². The van der Waals surface area contributed by atoms with Gasteiger partial charge in [0.15, 0.2) is 0 Å². The Bertz CT molecular complexity index is 428. The third-order valence-corrected chi connectivity index (χ3v) is 3.12. The molecule has 1 heterocycles. The van der Waals surface area contributed by atoms with Gasteiger partial charge in [-0.05, 0) is 24.6 Å². The summed E-state index contributed by atoms with van der Waals surface area (Å²) in [4.78, 5) is 24.4. The first kappa shape index (κ1) is 12.1. The zero-order valence-electron chi connectivity index (χ0n) is 9.44. The third kappa shape index (κ3) is 2.84. The molecule has 5 heteroatoms. The SMILES string of the molecule is CC(c1ccc(Cl)cc1)N1CC(=O)NC(=O)C1. The largest absolute Gasteiger partial charge is 0.294 e. The van der Waals surface area contributed by atoms with Gasteiger partial charge in [0.25, 0.3) is 0 Å². The number of carbonyl (C=O) groups is 2. The zero-order chi connectivity index (χ0) is 12.4. The highest BCUT2D eigenvalue weighted by molar-refractivity contribution is 6.30. The second-order valence-electron chi connectivity index (χ2n) is 4.10. The van der Waals surface area contributed by atoms with Gasteiger partial charge in [0.1, 0.15) is 0 Å². The van der Waals surface area contributed by atoms with E-state index in [-0.39, 0.29) is 30.9 Å². The number of benzene rings is 1. The van der Waals surface area contributed by atoms with Gasteiger partial charge in [-0.25, -0.2) is 0 Å². The number of nitrogens with zero attached hydrogens (tertiary/aromatic N) is 1. The van der Waals surface area contributed by atoms with Gasteiger partial charge in [-0.1, -0.05) is 23.7 Å². The Balaban J connectivity index is 2.13. The molecule has 1 atom stereocenters. The van der Waals surface area contributed by atoms with E-state index < -0.39 is 0 Å². The Hall–Kier alpha value is -1.39. The first-order valence-corrected chi connectivity index (χ1v) is 5.76. The molecule has 0 aliphatic carbocycles. The van der Waals surface area contributed by atoms with E-state index >= 15 is 0 Å². The maximum atomic E-state index is 11.3. The number of halogens is 1. The van der Waals surface area contributed by atoms with Gasteiger partial charge in [0.2, 0.25) is 11.8 Å². The molecule has 1 aromatic rings. The molecule has 0 bridgehead atoms. The summed E-state index contributed by atoms with van der Waals surface area (Å²) in [5, 5.41) is 2.96. The van der Waals surface area contributed by atoms with Crippen molar-refractivity contribution in [2.75, 3.05) is 13.1 Å². The molecule has 4 nitrogen and oxygen atoms in total. The number of imide groups is 1. The number of piperazine rings is 1. The molecule has 0 aromatic heterocycles. The molecule has 1 saturated heterocycles. The fourth-order valence-corrected chi connectivity index (χ4v) is 2.01. The first-order valence-electron chi connectivity index (χ1n) is 5.38. The maximum absolute atomic E-state index is 11.3. The summed E-state index contributed by atoms with van der Waals surface area (Å²) in [7, 11) is 0. The average Bonchev–Trinajstić information content (AvgIpc) is 2.28. The van der Waals surface area contributed by atoms with Crippen molar-refractivity contribution >= 4 is 23.4 Å². The summed E-state index contributed by atoms with van der Waals surface area (Å²) in [5.41, 5.74) is 1.04. The van der Waals surface area contributed by atoms with Crippen LogP contribution in [0.25, 0.3) is 0 Å². The van der Waals surface area contributed by atoms with E-state index in [4.69, 9.17) is 11.6 Å². The van der Waals surface area contributed by atoms with Gasteiger partial charge in [0, 0.05) is 11.1 Å². The highest BCUT2D eigenvalue weighted by Crippen LogP contribution is 2.22. The smallest absolute Gasteiger partial charge is 0.240 e. The molecule has 1 N–H and O–H groups in total. The van der Waals surface area contributed by atoms with Crippen LogP contribution >= 0.6 is 11.6 Å². The zero-order valence-corrected chi connectivity index (χ0v) is 10.2. The maximum Gasteiger partial charge on any atom is 0.240 e. The number of nitrogens with one attached hydrogen (secondary N) is 1. The summed E-state index contributed by atoms with van der Waals surface area (Å²) in [6, 6.07) is 7.44. The molecule has 0 saturated carbocycles. The Morgan fingerprint density at radius 3 is 2.24 bits per heavy atom. The van der Waals surface area contributed by atoms with Crippen molar-refractivity contribution in [3.05, 3.63) is 34.9 Å². The fourth-order valence-electron chi connectivity index (χ4n) is 1.89. The molecule has 0 radical (unpaired) electrons. The Kier molecular flexibility index (Phi) is 3.45. The number of rotatable bonds is 2. The summed E-state index contributed by atoms with van der Waals surface area (Å²) in [5.74, 6) is -0.496. The molecule has 90 valence electrons. The minimum absolute atomic E-state index is 0.0160. The van der Waals surface area contributed by atoms with E-state index in [0.29, 0.717) is 5.02 Å². The minimum atomic E-state index is -0.248. The van der Waals surface area contributed by atoms with Crippen LogP contribution in [-0.4, -0.2) is 29.8 Å². The van der Waals surface area contributed by atoms with Crippen molar-refractivity contribution < 1.29 is 9.59 Å². The lowest BCUT2D eigenvalue weighted by molar-refractivity contribution is -0.137. The van der Waals surface area contributed by atoms with E-state index in [1.165, 1.54) is 0 Å². The van der Waals surface area contributed by atoms with Crippen molar-refractivity contribution in [2.45, 2.75) is 13.0 Å². The highest BCUT2D eigenvalue weighted by Gasteiger charge is 2.26. The molecule has 1 fully saturated rings. The van der Waals surface area contributed by atoms with Gasteiger partial charge in [-0.2, -0.15) is 0 Å². The van der Waals surface area contributed by atoms with E-state index in [1.807, 2.05) is 24.0 Å². The van der Waals surface area contributed by atoms with E-state index in [9.17, 15) is 9.59 Å². The van der Waals surface area contributed by atoms with Crippen LogP contribution in [0.4, 0.5) is 0 Å². The van der Waals surface area contributed by atoms with Crippen molar-refractivity contribution in [3.63, 3.8) is 0 Å². The molecule has 2 rings (SSSR count). The summed E-state index contributed by atoms with van der Waals surface area (Å²) >= 11 is 5.82. The van der Waals surface area contributed by atoms with Gasteiger partial charge in [-0.3, -0.25) is 19.8 Å². The summed E-state index contributed by atoms with van der Waals surface area (Å²) in [6.45, 7) is 2.46. The van der Waals surface area contributed by atoms with E-state index in [2.05, 4.69) is 5.32 Å². The number of hydrogen-bond donors (Lipinski definition) is 1. The highest BCUT2D eigenvalue weighted by atomic mass is 35.5. The molecule has 1 unspecified atom stereocenters. The van der Waals surface area contributed by atoms with E-state index in [0.717, 1.165) is 5.56 Å². The number of carbonyl (C=O) groups excluding carboxylic acids is 2. The van der Waals surface area contributed by atoms with Crippen molar-refractivity contribution in [1.82, 2.24) is 10.2 Å². The third-order valence-electron chi connectivity index (χ3n) is 2.87. The quantitative estimate of drug-likeness (QED) is 0.809. The molecular weight excluding hydrogens is 240 g/mol. The molecule has 1 aromatic carbocycles. The molecule has 1 aliphatic heterocycles. The van der Waals surface area contributed by atoms with Crippen molar-refractivity contribution in [1.29, 1.82) is 0 Å². The van der Waals surface area contributed by atoms with Crippen LogP contribution in [0.2, 0.25) is 5.02 Å². The van der Waals surface area contributed by atoms with Crippen LogP contribution in [0.3, 0.4) is 0 Å². The lowest BCUT2D eigenvalue weighted by Crippen LogP contribution is -2.51. The Morgan fingerprint density at radius 1 is 1.18 bits per heavy atom. The molecule has 17 heavy (non-hydrogen) atoms. The van der Waals surface area contributed by atoms with Gasteiger partial charge in [0.05, 0.1) is 13.1 Å². The summed E-state index contributed by atoms with van der Waals surface area (Å²) < 4.78 is 0. The fraction of sp³-hybridized carbons (Fsp3) is 0.333. The first-order chi connectivity index (χ1) is 8.06. The average molecular weight is 253 g/mol. The second kappa shape index (κ2) is 4.85. The molecule has 2 amide bonds. The lowest BCUT2D eigenvalue weighted by Gasteiger charge is -2.31. The number of hydrogen-bond acceptors (Lipinski definition) is 3. The monoisotopic (exact) mass is 252 g/mol. The molecule has 1 aliphatic rings. The van der Waals surface area contributed by atoms with Gasteiger partial charge >= 0.3 is 0 Å². The van der Waals surface area contributed by atoms with Crippen molar-refractivity contribution in [3.8, 4) is 0 Å². The van der Waals surface area contributed by atoms with Crippen LogP contribution < -0.4 is 5.32 Å². The van der Waals surface area contributed by atoms with Crippen molar-refractivity contribution in [2.24, 2.45) is 0 Å². The van der Waals surface area contributed by atoms with Crippen LogP contribution in [0.5, 0.6) is 0 Å². The van der Waals surface area contributed by atoms with Gasteiger partial charge < -0.3 is 0 Å². The van der Waals surface area contributed by atoms with Crippen LogP contribution in [0.1, 0.15) is 18.5 Å². The van der Waals surface area contributed by atoms with Crippen LogP contribution in [0.15, 0.2) is 24.3 Å². The predicted molar refractivity (Wildman–Crippen MR) is 64.6 cm³/mol. The van der Waals surface area contributed by atoms with Gasteiger partial charge in [-0.15, -0.1) is 0 Å². The second-order valence-corrected chi connectivity index (χ2v) is 4.54. The van der Waals surface area contributed by atoms with Crippen LogP contribution in [-0.2, 0) is 9.59 Å². The standard InChI is InChI=1S/C12H13ClN2O2/c1-8(9-2-4-10(13)5-3-9)15-6-11(16)14-12(17)7-15/h2-5,8H,6-7H2,1H3,(H,14,16,17). The van der Waals surface area contributed by atoms with E-state index in [1.54, 1.807) is 12.1 Å². The normalized spacial score (nSPS) is 18.9. The minimum Gasteiger partial charge on any atom is -0.294 e. The van der Waals surface area contributed by atoms with Crippen LogP contribution in [0, 0.1) is 0 Å². The topological polar surface area (TPSA) is 49.4 Å². The predicted octanol–water partition coefficient (Wildman–Crippen LogP) is 1.36. The number of amides is 2. The Morgan fingerprint density at radius 2 is 1.71 bits per heavy atom. The molecule has 0 spiro atoms. The summed E-state index contributed by atoms with van der Waals surface area (Å²) in [6.07, 6.45) is 0. The molecular formula is C12H13ClN2O2. The lowest BCUT2D eigenvalue weighted by atomic mass is 10.1.